The van der Waals surface area contributed by atoms with Crippen molar-refractivity contribution in [3.05, 3.63) is 0 Å². The number of nitrogens with zero attached hydrogens (tertiary/aromatic N) is 11. The lowest BCUT2D eigenvalue weighted by molar-refractivity contribution is -0.123. The molecular formula is C62H130N36O12. The van der Waals surface area contributed by atoms with Gasteiger partial charge in [-0.2, -0.15) is 21.7 Å². The van der Waals surface area contributed by atoms with E-state index in [1.165, 1.54) is 0 Å². The van der Waals surface area contributed by atoms with Crippen molar-refractivity contribution in [3.63, 3.8) is 0 Å². The first-order valence-corrected chi connectivity index (χ1v) is 37.4. The molecule has 48 heteroatoms. The minimum atomic E-state index is -0.342. The van der Waals surface area contributed by atoms with Crippen LogP contribution < -0.4 is 120 Å². The Morgan fingerprint density at radius 3 is 0.609 bits per heavy atom. The Bertz CT molecular complexity index is 2630. The lowest BCUT2D eigenvalue weighted by Crippen LogP contribution is -2.43. The molecule has 12 amide bonds. The van der Waals surface area contributed by atoms with Gasteiger partial charge in [-0.3, -0.25) is 96.3 Å². The monoisotopic (exact) mass is 1570 g/mol. The molecule has 30 N–H and O–H groups in total. The van der Waals surface area contributed by atoms with Crippen molar-refractivity contribution in [1.29, 1.82) is 16.6 Å². The number of rotatable bonds is 76. The molecule has 0 bridgehead atoms. The Hall–Kier alpha value is -9.24. The summed E-state index contributed by atoms with van der Waals surface area (Å²) in [5.41, 5.74) is 44.1. The average molecular weight is 1570 g/mol. The minimum Gasteiger partial charge on any atom is -0.355 e. The number of carbonyl (C=O) groups excluding carboxylic acids is 12. The van der Waals surface area contributed by atoms with Crippen LogP contribution in [0.4, 0.5) is 0 Å². The maximum absolute atomic E-state index is 13.8. The zero-order chi connectivity index (χ0) is 81.3. The summed E-state index contributed by atoms with van der Waals surface area (Å²) in [7, 11) is 0. The largest absolute Gasteiger partial charge is 0.355 e. The molecule has 110 heavy (non-hydrogen) atoms. The van der Waals surface area contributed by atoms with Crippen LogP contribution in [0.1, 0.15) is 77.0 Å². The number of hydrazine groups is 2. The van der Waals surface area contributed by atoms with Crippen molar-refractivity contribution in [2.45, 2.75) is 77.0 Å². The fraction of sp³-hybridized carbons (Fsp3) is 0.806. The van der Waals surface area contributed by atoms with Crippen molar-refractivity contribution in [3.8, 4) is 0 Å². The van der Waals surface area contributed by atoms with Crippen molar-refractivity contribution in [2.24, 2.45) is 55.0 Å². The molecule has 0 saturated carbocycles. The minimum absolute atomic E-state index is 0.0370. The van der Waals surface area contributed by atoms with Gasteiger partial charge in [0.05, 0.1) is 26.2 Å². The molecule has 0 aromatic rings. The summed E-state index contributed by atoms with van der Waals surface area (Å²) in [6, 6.07) is 0. The molecule has 0 aliphatic rings. The van der Waals surface area contributed by atoms with Crippen molar-refractivity contribution < 1.29 is 57.5 Å². The number of hydrogen-bond donors (Lipinski definition) is 25. The zero-order valence-electron chi connectivity index (χ0n) is 64.1. The zero-order valence-corrected chi connectivity index (χ0v) is 64.1. The molecule has 0 unspecified atom stereocenters. The molecule has 0 atom stereocenters. The normalized spacial score (nSPS) is 11.1. The van der Waals surface area contributed by atoms with E-state index in [9.17, 15) is 57.5 Å². The van der Waals surface area contributed by atoms with Gasteiger partial charge >= 0.3 is 0 Å². The molecule has 0 aromatic heterocycles. The van der Waals surface area contributed by atoms with Crippen molar-refractivity contribution >= 4 is 70.9 Å². The number of nitrogens with two attached hydrogens (primary N) is 5. The van der Waals surface area contributed by atoms with E-state index >= 15 is 0 Å². The highest BCUT2D eigenvalue weighted by atomic mass is 16.2. The van der Waals surface area contributed by atoms with E-state index in [4.69, 9.17) is 45.6 Å². The van der Waals surface area contributed by atoms with Gasteiger partial charge in [-0.1, -0.05) is 20.9 Å². The van der Waals surface area contributed by atoms with E-state index in [1.807, 2.05) is 29.4 Å². The molecule has 0 radical (unpaired) electrons. The highest BCUT2D eigenvalue weighted by Crippen LogP contribution is 2.05. The van der Waals surface area contributed by atoms with Gasteiger partial charge in [0, 0.05) is 300 Å². The van der Waals surface area contributed by atoms with Crippen molar-refractivity contribution in [2.75, 3.05) is 249 Å². The number of amides is 12. The lowest BCUT2D eigenvalue weighted by atomic mass is 10.2. The number of hydrogen-bond acceptors (Lipinski definition) is 32. The van der Waals surface area contributed by atoms with E-state index < -0.39 is 0 Å². The molecule has 0 aliphatic heterocycles. The van der Waals surface area contributed by atoms with Gasteiger partial charge in [0.15, 0.2) is 0 Å². The first-order chi connectivity index (χ1) is 53.2. The standard InChI is InChI=1S/C62H130N36O12/c63-13-15-71-51(99)1-33-93(37-5-55(103)75-19-25-85-89-67)45-29-79-59(107)9-41-97(43-11-61(109)81-31-47-95(35-3-53(101)73-17-23-83-65)39-7-57(105)77-21-27-87-91-69)49-50-98(42-10-60(108)80-30-46-94(34-2-52(100)72-16-14-64)38-6-56(104)76-20-26-86-90-68)44-12-62(110)82-32-48-96(36-4-54(102)74-18-24-84-66)40-8-58(106)78-22-28-88-92-70/h83-84H,1-50,63-66H2,(H2,67,85)(H2,68,86)(H2,69,87)(H2,70,88)(H,71,99)(H,72,100)(H,73,101)(H,74,102)(H,75,103)(H,76,104)(H,77,105)(H,78,106)(H,79,107)(H,80,108)(H,81,109)(H,82,110). The van der Waals surface area contributed by atoms with E-state index in [0.29, 0.717) is 26.2 Å². The van der Waals surface area contributed by atoms with Crippen LogP contribution in [0.2, 0.25) is 0 Å². The van der Waals surface area contributed by atoms with Gasteiger partial charge in [-0.15, -0.1) is 0 Å². The van der Waals surface area contributed by atoms with E-state index in [-0.39, 0.29) is 370 Å². The third kappa shape index (κ3) is 63.7. The SMILES string of the molecule is N=NNCCNC(=O)CCN(CCNC(=O)CCN(CCC(=O)NCCN(CCC(=O)NCCN=NN)CCC(=O)NCCNN)CCN(CCC(=O)NCCN(CCC(=O)NCCN)CCC(=O)NCCNN=N)CCC(=O)NCCN(CCC(=O)NCCNN)CCC(=O)NCCNN=N)CCC(=O)NCCN. The molecule has 630 valence electrons. The van der Waals surface area contributed by atoms with E-state index in [1.54, 1.807) is 0 Å². The molecular weight excluding hydrogens is 1440 g/mol. The molecule has 0 fully saturated rings. The highest BCUT2D eigenvalue weighted by molar-refractivity contribution is 5.80. The van der Waals surface area contributed by atoms with Crippen LogP contribution in [0.25, 0.3) is 0 Å². The first-order valence-electron chi connectivity index (χ1n) is 37.4. The van der Waals surface area contributed by atoms with Crippen molar-refractivity contribution in [1.82, 2.24) is 120 Å². The molecule has 0 saturated heterocycles. The maximum atomic E-state index is 13.8. The second kappa shape index (κ2) is 71.4. The average Bonchev–Trinajstić information content (AvgIpc) is 0.942. The van der Waals surface area contributed by atoms with Gasteiger partial charge in [-0.25, -0.2) is 0 Å². The molecule has 0 spiro atoms. The van der Waals surface area contributed by atoms with Crippen LogP contribution in [0.15, 0.2) is 26.0 Å². The molecule has 0 heterocycles. The summed E-state index contributed by atoms with van der Waals surface area (Å²) in [6.07, 6.45) is 0.566. The molecule has 0 rings (SSSR count). The van der Waals surface area contributed by atoms with Gasteiger partial charge in [0.25, 0.3) is 0 Å². The summed E-state index contributed by atoms with van der Waals surface area (Å²) >= 11 is 0. The Balaban J connectivity index is 7.01. The molecule has 0 aliphatic carbocycles. The summed E-state index contributed by atoms with van der Waals surface area (Å²) in [5.74, 6) is 12.4. The van der Waals surface area contributed by atoms with Gasteiger partial charge in [0.2, 0.25) is 70.9 Å². The third-order valence-corrected chi connectivity index (χ3v) is 16.2. The fourth-order valence-electron chi connectivity index (χ4n) is 10.1. The Kier molecular flexibility index (Phi) is 65.4. The maximum Gasteiger partial charge on any atom is 0.221 e. The van der Waals surface area contributed by atoms with Gasteiger partial charge < -0.3 is 111 Å². The Morgan fingerprint density at radius 1 is 0.236 bits per heavy atom. The summed E-state index contributed by atoms with van der Waals surface area (Å²) in [4.78, 5) is 168. The Morgan fingerprint density at radius 2 is 0.418 bits per heavy atom. The Labute approximate surface area is 644 Å². The number of nitrogens with one attached hydrogen (secondary N) is 20. The summed E-state index contributed by atoms with van der Waals surface area (Å²) < 4.78 is 0. The van der Waals surface area contributed by atoms with E-state index in [2.05, 4.69) is 117 Å². The second-order valence-electron chi connectivity index (χ2n) is 24.8. The molecule has 0 aromatic carbocycles. The summed E-state index contributed by atoms with van der Waals surface area (Å²) in [5, 5.41) is 49.7. The first kappa shape index (κ1) is 101. The van der Waals surface area contributed by atoms with Crippen LogP contribution in [0.5, 0.6) is 0 Å². The second-order valence-corrected chi connectivity index (χ2v) is 24.8. The lowest BCUT2D eigenvalue weighted by Gasteiger charge is -2.28. The third-order valence-electron chi connectivity index (χ3n) is 16.2. The predicted octanol–water partition coefficient (Wildman–Crippen LogP) is -10.3. The van der Waals surface area contributed by atoms with Crippen LogP contribution in [0, 0.1) is 16.6 Å². The predicted molar refractivity (Wildman–Crippen MR) is 406 cm³/mol. The van der Waals surface area contributed by atoms with Crippen LogP contribution in [-0.2, 0) is 57.5 Å². The van der Waals surface area contributed by atoms with E-state index in [0.717, 1.165) is 0 Å². The highest BCUT2D eigenvalue weighted by Gasteiger charge is 2.20. The topological polar surface area (TPSA) is 692 Å². The van der Waals surface area contributed by atoms with Gasteiger partial charge in [0.1, 0.15) is 0 Å². The van der Waals surface area contributed by atoms with Crippen LogP contribution >= 0.6 is 0 Å². The quantitative estimate of drug-likeness (QED) is 0.0116. The number of carbonyl (C=O) groups is 12. The van der Waals surface area contributed by atoms with Gasteiger partial charge in [-0.05, 0) is 0 Å². The van der Waals surface area contributed by atoms with Crippen LogP contribution in [-0.4, -0.2) is 349 Å². The molecule has 48 nitrogen and oxygen atoms in total. The smallest absolute Gasteiger partial charge is 0.221 e. The van der Waals surface area contributed by atoms with Crippen LogP contribution in [0.3, 0.4) is 0 Å². The fourth-order valence-corrected chi connectivity index (χ4v) is 10.1. The summed E-state index contributed by atoms with van der Waals surface area (Å²) in [6.45, 7) is 9.05.